The molecule has 1 amide bonds. The van der Waals surface area contributed by atoms with Gasteiger partial charge >= 0.3 is 0 Å². The summed E-state index contributed by atoms with van der Waals surface area (Å²) in [6.45, 7) is 1.40. The van der Waals surface area contributed by atoms with Crippen molar-refractivity contribution in [3.8, 4) is 0 Å². The molecule has 0 unspecified atom stereocenters. The number of aryl methyl sites for hydroxylation is 1. The van der Waals surface area contributed by atoms with Gasteiger partial charge in [-0.15, -0.1) is 0 Å². The van der Waals surface area contributed by atoms with Crippen LogP contribution in [0.2, 0.25) is 0 Å². The van der Waals surface area contributed by atoms with Crippen LogP contribution >= 0.6 is 7.29 Å². The molecule has 38 heavy (non-hydrogen) atoms. The summed E-state index contributed by atoms with van der Waals surface area (Å²) in [4.78, 5) is 13.1. The molecule has 0 aliphatic heterocycles. The van der Waals surface area contributed by atoms with Crippen LogP contribution in [0.1, 0.15) is 29.2 Å². The van der Waals surface area contributed by atoms with Gasteiger partial charge in [-0.05, 0) is 54.7 Å². The molecule has 194 valence electrons. The van der Waals surface area contributed by atoms with Gasteiger partial charge in [-0.2, -0.15) is 0 Å². The molecule has 1 fully saturated rings. The van der Waals surface area contributed by atoms with Crippen molar-refractivity contribution in [1.82, 2.24) is 10.4 Å². The van der Waals surface area contributed by atoms with E-state index in [9.17, 15) is 18.1 Å². The minimum atomic E-state index is -3.27. The molecule has 4 aromatic carbocycles. The van der Waals surface area contributed by atoms with Crippen LogP contribution in [-0.2, 0) is 15.9 Å². The predicted molar refractivity (Wildman–Crippen MR) is 147 cm³/mol. The van der Waals surface area contributed by atoms with Crippen LogP contribution in [0.15, 0.2) is 103 Å². The average Bonchev–Trinajstić information content (AvgIpc) is 3.76. The Kier molecular flexibility index (Phi) is 7.55. The summed E-state index contributed by atoms with van der Waals surface area (Å²) in [5, 5.41) is 7.63. The van der Waals surface area contributed by atoms with E-state index in [4.69, 9.17) is 0 Å². The highest BCUT2D eigenvalue weighted by atomic mass is 31.2. The van der Waals surface area contributed by atoms with Crippen LogP contribution in [0.4, 0.5) is 8.78 Å². The normalized spacial score (nSPS) is 17.6. The molecular weight excluding hydrogens is 501 g/mol. The van der Waals surface area contributed by atoms with Gasteiger partial charge in [0.25, 0.3) is 0 Å². The van der Waals surface area contributed by atoms with Crippen LogP contribution < -0.4 is 21.0 Å². The molecule has 3 atom stereocenters. The fourth-order valence-electron chi connectivity index (χ4n) is 4.87. The van der Waals surface area contributed by atoms with E-state index in [0.717, 1.165) is 5.56 Å². The summed E-state index contributed by atoms with van der Waals surface area (Å²) in [6.07, 6.45) is 0.590. The van der Waals surface area contributed by atoms with Gasteiger partial charge < -0.3 is 5.32 Å². The third-order valence-corrected chi connectivity index (χ3v) is 9.82. The highest BCUT2D eigenvalue weighted by molar-refractivity contribution is 7.76. The summed E-state index contributed by atoms with van der Waals surface area (Å²) < 4.78 is 43.0. The van der Waals surface area contributed by atoms with Crippen molar-refractivity contribution in [2.45, 2.75) is 25.9 Å². The van der Waals surface area contributed by atoms with Gasteiger partial charge in [0.1, 0.15) is 0 Å². The van der Waals surface area contributed by atoms with Gasteiger partial charge in [-0.3, -0.25) is 14.4 Å². The molecule has 2 N–H and O–H groups in total. The topological polar surface area (TPSA) is 58.2 Å². The summed E-state index contributed by atoms with van der Waals surface area (Å²) in [5.74, 6) is -2.52. The zero-order valence-corrected chi connectivity index (χ0v) is 21.9. The SMILES string of the molecule is Cc1ccc(CNC(=O)[C@H]2C[C@H]2[C@H](NP(=O)(c2ccccc2)c2ccccc2)c2ccccc2)c(F)c1F. The molecule has 0 bridgehead atoms. The standard InChI is InChI=1S/C31H29F2N2O2P/c1-21-17-18-23(29(33)28(21)32)20-34-31(36)27-19-26(27)30(22-11-5-2-6-12-22)35-38(37,24-13-7-3-8-14-24)25-15-9-4-10-16-25/h2-18,26-27,30H,19-20H2,1H3,(H,34,36)(H,35,37)/t26-,27+,30-/m1/s1. The average molecular weight is 531 g/mol. The highest BCUT2D eigenvalue weighted by Gasteiger charge is 2.50. The van der Waals surface area contributed by atoms with Gasteiger partial charge in [-0.25, -0.2) is 8.78 Å². The highest BCUT2D eigenvalue weighted by Crippen LogP contribution is 2.52. The van der Waals surface area contributed by atoms with Crippen LogP contribution in [0.25, 0.3) is 0 Å². The number of rotatable bonds is 9. The first-order chi connectivity index (χ1) is 18.4. The zero-order chi connectivity index (χ0) is 26.7. The summed E-state index contributed by atoms with van der Waals surface area (Å²) in [6, 6.07) is 31.0. The molecule has 0 heterocycles. The number of carbonyl (C=O) groups excluding carboxylic acids is 1. The lowest BCUT2D eigenvalue weighted by molar-refractivity contribution is -0.122. The lowest BCUT2D eigenvalue weighted by atomic mass is 10.0. The van der Waals surface area contributed by atoms with E-state index in [-0.39, 0.29) is 41.5 Å². The van der Waals surface area contributed by atoms with E-state index in [1.54, 1.807) is 0 Å². The fraction of sp³-hybridized carbons (Fsp3) is 0.194. The molecule has 1 saturated carbocycles. The van der Waals surface area contributed by atoms with E-state index in [2.05, 4.69) is 10.4 Å². The Morgan fingerprint density at radius 2 is 1.39 bits per heavy atom. The Labute approximate surface area is 221 Å². The molecule has 0 radical (unpaired) electrons. The maximum absolute atomic E-state index is 14.7. The second-order valence-corrected chi connectivity index (χ2v) is 12.2. The predicted octanol–water partition coefficient (Wildman–Crippen LogP) is 5.79. The van der Waals surface area contributed by atoms with E-state index >= 15 is 0 Å². The third kappa shape index (κ3) is 5.33. The first kappa shape index (κ1) is 26.0. The van der Waals surface area contributed by atoms with Crippen LogP contribution in [0.5, 0.6) is 0 Å². The largest absolute Gasteiger partial charge is 0.352 e. The minimum Gasteiger partial charge on any atom is -0.352 e. The Hall–Kier alpha value is -3.60. The number of benzene rings is 4. The second kappa shape index (κ2) is 11.0. The lowest BCUT2D eigenvalue weighted by Gasteiger charge is -2.28. The number of halogens is 2. The van der Waals surface area contributed by atoms with Crippen molar-refractivity contribution < 1.29 is 18.1 Å². The Morgan fingerprint density at radius 1 is 0.842 bits per heavy atom. The number of amides is 1. The molecule has 7 heteroatoms. The summed E-state index contributed by atoms with van der Waals surface area (Å²) >= 11 is 0. The number of hydrogen-bond donors (Lipinski definition) is 2. The van der Waals surface area contributed by atoms with Crippen molar-refractivity contribution in [2.24, 2.45) is 11.8 Å². The van der Waals surface area contributed by atoms with Crippen molar-refractivity contribution >= 4 is 23.8 Å². The van der Waals surface area contributed by atoms with E-state index in [1.165, 1.54) is 19.1 Å². The molecule has 0 saturated heterocycles. The van der Waals surface area contributed by atoms with Gasteiger partial charge in [0, 0.05) is 34.7 Å². The Morgan fingerprint density at radius 3 is 1.97 bits per heavy atom. The van der Waals surface area contributed by atoms with Crippen molar-refractivity contribution in [2.75, 3.05) is 0 Å². The van der Waals surface area contributed by atoms with Gasteiger partial charge in [-0.1, -0.05) is 78.9 Å². The van der Waals surface area contributed by atoms with Crippen molar-refractivity contribution in [3.63, 3.8) is 0 Å². The number of carbonyl (C=O) groups is 1. The molecule has 4 nitrogen and oxygen atoms in total. The van der Waals surface area contributed by atoms with Crippen LogP contribution in [0.3, 0.4) is 0 Å². The summed E-state index contributed by atoms with van der Waals surface area (Å²) in [7, 11) is -3.27. The maximum Gasteiger partial charge on any atom is 0.223 e. The Bertz CT molecular complexity index is 1420. The van der Waals surface area contributed by atoms with E-state index in [0.29, 0.717) is 17.0 Å². The van der Waals surface area contributed by atoms with Gasteiger partial charge in [0.2, 0.25) is 13.2 Å². The van der Waals surface area contributed by atoms with Crippen molar-refractivity contribution in [3.05, 3.63) is 131 Å². The molecule has 1 aliphatic rings. The fourth-order valence-corrected chi connectivity index (χ4v) is 7.38. The first-order valence-corrected chi connectivity index (χ1v) is 14.3. The second-order valence-electron chi connectivity index (χ2n) is 9.69. The molecule has 0 spiro atoms. The maximum atomic E-state index is 14.7. The number of hydrogen-bond acceptors (Lipinski definition) is 2. The third-order valence-electron chi connectivity index (χ3n) is 7.13. The molecular formula is C31H29F2N2O2P. The monoisotopic (exact) mass is 530 g/mol. The molecule has 1 aliphatic carbocycles. The van der Waals surface area contributed by atoms with Gasteiger partial charge in [0.15, 0.2) is 11.6 Å². The van der Waals surface area contributed by atoms with E-state index in [1.807, 2.05) is 91.0 Å². The van der Waals surface area contributed by atoms with Crippen LogP contribution in [0, 0.1) is 30.4 Å². The number of nitrogens with one attached hydrogen (secondary N) is 2. The first-order valence-electron chi connectivity index (χ1n) is 12.6. The van der Waals surface area contributed by atoms with Gasteiger partial charge in [0.05, 0.1) is 0 Å². The lowest BCUT2D eigenvalue weighted by Crippen LogP contribution is -2.33. The minimum absolute atomic E-state index is 0.0962. The summed E-state index contributed by atoms with van der Waals surface area (Å²) in [5.41, 5.74) is 1.26. The quantitative estimate of drug-likeness (QED) is 0.270. The van der Waals surface area contributed by atoms with Crippen molar-refractivity contribution in [1.29, 1.82) is 0 Å². The van der Waals surface area contributed by atoms with E-state index < -0.39 is 18.9 Å². The Balaban J connectivity index is 1.40. The smallest absolute Gasteiger partial charge is 0.223 e. The van der Waals surface area contributed by atoms with Crippen LogP contribution in [-0.4, -0.2) is 5.91 Å². The molecule has 5 rings (SSSR count). The molecule has 0 aromatic heterocycles. The zero-order valence-electron chi connectivity index (χ0n) is 21.0. The molecule has 4 aromatic rings.